The minimum Gasteiger partial charge on any atom is -0.395 e. The first kappa shape index (κ1) is 31.3. The minimum atomic E-state index is -1.45. The van der Waals surface area contributed by atoms with E-state index in [-0.39, 0.29) is 67.4 Å². The molecule has 3 atom stereocenters. The summed E-state index contributed by atoms with van der Waals surface area (Å²) in [5.74, 6) is -1.79. The standard InChI is InChI=1S/C8H16N2O3.C6H10FNO2.C6H9NO2/c1-6(8(13)9-2)5-7(12)10-3-4-11;1-4(3-5(7)9)6(10)8-2;1-4-3-5(8)7(2)6(4)9/h6,11H,3-5H2,1-2H3,(H,9,13)(H,10,12);4H,3H2,1-2H3,(H,8,10);4H,3H2,1-2H3. The Kier molecular flexibility index (Phi) is 16.4. The molecule has 11 nitrogen and oxygen atoms in total. The van der Waals surface area contributed by atoms with Gasteiger partial charge in [0.15, 0.2) is 0 Å². The molecule has 5 amide bonds. The van der Waals surface area contributed by atoms with E-state index in [4.69, 9.17) is 5.11 Å². The number of carbonyl (C=O) groups is 6. The summed E-state index contributed by atoms with van der Waals surface area (Å²) in [7, 11) is 4.50. The molecule has 0 aromatic heterocycles. The minimum absolute atomic E-state index is 0.0556. The predicted octanol–water partition coefficient (Wildman–Crippen LogP) is -0.867. The number of amides is 5. The van der Waals surface area contributed by atoms with Gasteiger partial charge in [0.25, 0.3) is 0 Å². The Labute approximate surface area is 187 Å². The molecule has 1 aliphatic rings. The fourth-order valence-electron chi connectivity index (χ4n) is 2.40. The van der Waals surface area contributed by atoms with Crippen molar-refractivity contribution >= 4 is 35.6 Å². The lowest BCUT2D eigenvalue weighted by Crippen LogP contribution is -2.32. The number of rotatable bonds is 8. The third-order valence-corrected chi connectivity index (χ3v) is 4.39. The summed E-state index contributed by atoms with van der Waals surface area (Å²) in [5.41, 5.74) is 0. The zero-order chi connectivity index (χ0) is 25.4. The number of hydrogen-bond acceptors (Lipinski definition) is 7. The van der Waals surface area contributed by atoms with E-state index in [1.807, 2.05) is 0 Å². The molecular formula is C20H35FN4O7. The molecule has 0 saturated carbocycles. The summed E-state index contributed by atoms with van der Waals surface area (Å²) in [5, 5.41) is 15.7. The van der Waals surface area contributed by atoms with Gasteiger partial charge in [-0.15, -0.1) is 0 Å². The lowest BCUT2D eigenvalue weighted by atomic mass is 10.1. The topological polar surface area (TPSA) is 162 Å². The van der Waals surface area contributed by atoms with Crippen molar-refractivity contribution < 1.29 is 38.3 Å². The van der Waals surface area contributed by atoms with Gasteiger partial charge in [-0.3, -0.25) is 33.7 Å². The maximum atomic E-state index is 11.6. The van der Waals surface area contributed by atoms with Crippen molar-refractivity contribution in [3.8, 4) is 0 Å². The van der Waals surface area contributed by atoms with Crippen LogP contribution in [0, 0.1) is 17.8 Å². The number of nitrogens with one attached hydrogen (secondary N) is 3. The van der Waals surface area contributed by atoms with Gasteiger partial charge in [-0.05, 0) is 0 Å². The normalized spacial score (nSPS) is 16.5. The van der Waals surface area contributed by atoms with Crippen molar-refractivity contribution in [2.45, 2.75) is 40.0 Å². The summed E-state index contributed by atoms with van der Waals surface area (Å²) in [6.07, 6.45) is 0.203. The maximum absolute atomic E-state index is 11.6. The molecule has 184 valence electrons. The second-order valence-corrected chi connectivity index (χ2v) is 7.26. The van der Waals surface area contributed by atoms with Gasteiger partial charge in [0, 0.05) is 64.7 Å². The molecule has 1 rings (SSSR count). The second kappa shape index (κ2) is 16.8. The van der Waals surface area contributed by atoms with E-state index >= 15 is 0 Å². The SMILES string of the molecule is CC1CC(=O)N(C)C1=O.CNC(=O)C(C)CC(=O)F.CNC(=O)C(C)CC(=O)NCCO. The Morgan fingerprint density at radius 3 is 1.81 bits per heavy atom. The van der Waals surface area contributed by atoms with Crippen LogP contribution in [0.1, 0.15) is 40.0 Å². The molecule has 0 aliphatic carbocycles. The first-order valence-corrected chi connectivity index (χ1v) is 10.1. The van der Waals surface area contributed by atoms with Crippen LogP contribution in [0.4, 0.5) is 4.39 Å². The summed E-state index contributed by atoms with van der Waals surface area (Å²) >= 11 is 0. The van der Waals surface area contributed by atoms with Crippen LogP contribution >= 0.6 is 0 Å². The number of nitrogens with zero attached hydrogens (tertiary/aromatic N) is 1. The predicted molar refractivity (Wildman–Crippen MR) is 113 cm³/mol. The molecule has 12 heteroatoms. The van der Waals surface area contributed by atoms with Crippen LogP contribution in [-0.2, 0) is 28.8 Å². The van der Waals surface area contributed by atoms with Crippen molar-refractivity contribution in [3.05, 3.63) is 0 Å². The third-order valence-electron chi connectivity index (χ3n) is 4.39. The fraction of sp³-hybridized carbons (Fsp3) is 0.700. The van der Waals surface area contributed by atoms with Gasteiger partial charge < -0.3 is 21.1 Å². The van der Waals surface area contributed by atoms with E-state index in [0.29, 0.717) is 6.42 Å². The highest BCUT2D eigenvalue weighted by atomic mass is 19.1. The second-order valence-electron chi connectivity index (χ2n) is 7.26. The number of hydrogen-bond donors (Lipinski definition) is 4. The van der Waals surface area contributed by atoms with Crippen molar-refractivity contribution in [1.82, 2.24) is 20.9 Å². The lowest BCUT2D eigenvalue weighted by molar-refractivity contribution is -0.137. The number of aliphatic hydroxyl groups is 1. The van der Waals surface area contributed by atoms with E-state index < -0.39 is 12.0 Å². The molecule has 1 heterocycles. The molecule has 1 fully saturated rings. The van der Waals surface area contributed by atoms with Crippen molar-refractivity contribution in [2.24, 2.45) is 17.8 Å². The molecule has 0 bridgehead atoms. The third kappa shape index (κ3) is 13.4. The van der Waals surface area contributed by atoms with Crippen molar-refractivity contribution in [1.29, 1.82) is 0 Å². The number of halogens is 1. The molecule has 0 radical (unpaired) electrons. The molecule has 0 spiro atoms. The zero-order valence-electron chi connectivity index (χ0n) is 19.5. The molecule has 1 saturated heterocycles. The molecule has 0 aromatic rings. The molecule has 4 N–H and O–H groups in total. The van der Waals surface area contributed by atoms with E-state index in [1.54, 1.807) is 13.8 Å². The van der Waals surface area contributed by atoms with Gasteiger partial charge in [0.05, 0.1) is 6.61 Å². The van der Waals surface area contributed by atoms with Gasteiger partial charge in [0.2, 0.25) is 29.5 Å². The molecule has 32 heavy (non-hydrogen) atoms. The van der Waals surface area contributed by atoms with Crippen LogP contribution in [0.3, 0.4) is 0 Å². The van der Waals surface area contributed by atoms with Crippen LogP contribution in [0.15, 0.2) is 0 Å². The summed E-state index contributed by atoms with van der Waals surface area (Å²) in [6, 6.07) is -1.45. The van der Waals surface area contributed by atoms with Crippen molar-refractivity contribution in [2.75, 3.05) is 34.3 Å². The number of aliphatic hydroxyl groups excluding tert-OH is 1. The van der Waals surface area contributed by atoms with Gasteiger partial charge in [0.1, 0.15) is 0 Å². The van der Waals surface area contributed by atoms with E-state index in [9.17, 15) is 33.2 Å². The van der Waals surface area contributed by atoms with E-state index in [0.717, 1.165) is 0 Å². The van der Waals surface area contributed by atoms with Crippen LogP contribution in [0.5, 0.6) is 0 Å². The quantitative estimate of drug-likeness (QED) is 0.269. The van der Waals surface area contributed by atoms with Crippen LogP contribution in [-0.4, -0.2) is 79.9 Å². The average Bonchev–Trinajstić information content (AvgIpc) is 2.96. The zero-order valence-corrected chi connectivity index (χ0v) is 19.5. The lowest BCUT2D eigenvalue weighted by Gasteiger charge is -2.09. The molecule has 1 aliphatic heterocycles. The Morgan fingerprint density at radius 1 is 1.06 bits per heavy atom. The van der Waals surface area contributed by atoms with Gasteiger partial charge >= 0.3 is 6.04 Å². The van der Waals surface area contributed by atoms with Gasteiger partial charge in [-0.1, -0.05) is 20.8 Å². The van der Waals surface area contributed by atoms with Crippen LogP contribution in [0.25, 0.3) is 0 Å². The number of imide groups is 1. The first-order valence-electron chi connectivity index (χ1n) is 10.1. The van der Waals surface area contributed by atoms with Gasteiger partial charge in [-0.2, -0.15) is 4.39 Å². The highest BCUT2D eigenvalue weighted by Crippen LogP contribution is 2.15. The Morgan fingerprint density at radius 2 is 1.53 bits per heavy atom. The highest BCUT2D eigenvalue weighted by Gasteiger charge is 2.32. The first-order chi connectivity index (χ1) is 14.8. The average molecular weight is 463 g/mol. The van der Waals surface area contributed by atoms with Gasteiger partial charge in [-0.25, -0.2) is 0 Å². The maximum Gasteiger partial charge on any atom is 0.302 e. The highest BCUT2D eigenvalue weighted by molar-refractivity contribution is 6.02. The summed E-state index contributed by atoms with van der Waals surface area (Å²) < 4.78 is 11.6. The fourth-order valence-corrected chi connectivity index (χ4v) is 2.40. The summed E-state index contributed by atoms with van der Waals surface area (Å²) in [6.45, 7) is 5.09. The monoisotopic (exact) mass is 462 g/mol. The Hall–Kier alpha value is -2.89. The van der Waals surface area contributed by atoms with Crippen LogP contribution < -0.4 is 16.0 Å². The molecule has 3 unspecified atom stereocenters. The Balaban J connectivity index is 0. The number of carbonyl (C=O) groups excluding carboxylic acids is 6. The molecule has 0 aromatic carbocycles. The Bertz CT molecular complexity index is 672. The largest absolute Gasteiger partial charge is 0.395 e. The van der Waals surface area contributed by atoms with Crippen LogP contribution in [0.2, 0.25) is 0 Å². The summed E-state index contributed by atoms with van der Waals surface area (Å²) in [4.78, 5) is 65.2. The van der Waals surface area contributed by atoms with E-state index in [1.165, 1.54) is 33.0 Å². The smallest absolute Gasteiger partial charge is 0.302 e. The van der Waals surface area contributed by atoms with Crippen molar-refractivity contribution in [3.63, 3.8) is 0 Å². The number of likely N-dealkylation sites (tertiary alicyclic amines) is 1. The molecular weight excluding hydrogens is 427 g/mol. The van der Waals surface area contributed by atoms with E-state index in [2.05, 4.69) is 16.0 Å².